The van der Waals surface area contributed by atoms with Gasteiger partial charge in [-0.3, -0.25) is 4.79 Å². The molecule has 4 bridgehead atoms. The summed E-state index contributed by atoms with van der Waals surface area (Å²) in [7, 11) is 1.97. The Bertz CT molecular complexity index is 864. The first-order chi connectivity index (χ1) is 15.5. The van der Waals surface area contributed by atoms with Crippen molar-refractivity contribution in [3.05, 3.63) is 17.5 Å². The van der Waals surface area contributed by atoms with Gasteiger partial charge in [-0.05, 0) is 69.1 Å². The van der Waals surface area contributed by atoms with E-state index in [1.165, 1.54) is 12.8 Å². The van der Waals surface area contributed by atoms with Gasteiger partial charge in [-0.25, -0.2) is 9.97 Å². The molecule has 5 saturated carbocycles. The number of aliphatic hydroxyl groups is 1. The van der Waals surface area contributed by atoms with Crippen LogP contribution in [0.1, 0.15) is 86.2 Å². The summed E-state index contributed by atoms with van der Waals surface area (Å²) < 4.78 is 5.48. The first-order valence-corrected chi connectivity index (χ1v) is 12.7. The molecule has 0 radical (unpaired) electrons. The number of carbonyl (C=O) groups is 1. The molecule has 0 aromatic carbocycles. The van der Waals surface area contributed by atoms with Crippen molar-refractivity contribution in [2.45, 2.75) is 87.8 Å². The summed E-state index contributed by atoms with van der Waals surface area (Å²) in [5.74, 6) is 2.49. The van der Waals surface area contributed by atoms with Crippen LogP contribution in [0.3, 0.4) is 0 Å². The quantitative estimate of drug-likeness (QED) is 0.730. The Morgan fingerprint density at radius 1 is 1.19 bits per heavy atom. The highest BCUT2D eigenvalue weighted by molar-refractivity contribution is 5.95. The molecule has 3 atom stereocenters. The number of ether oxygens (including phenoxy) is 1. The minimum Gasteiger partial charge on any atom is -0.390 e. The predicted octanol–water partition coefficient (Wildman–Crippen LogP) is 3.35. The van der Waals surface area contributed by atoms with Crippen LogP contribution in [0.15, 0.2) is 6.20 Å². The Morgan fingerprint density at radius 3 is 2.59 bits per heavy atom. The van der Waals surface area contributed by atoms with Crippen molar-refractivity contribution in [1.29, 1.82) is 0 Å². The number of anilines is 1. The number of nitrogens with one attached hydrogen (secondary N) is 1. The first kappa shape index (κ1) is 20.8. The number of hydrogen-bond donors (Lipinski definition) is 2. The second kappa shape index (κ2) is 7.94. The van der Waals surface area contributed by atoms with Crippen molar-refractivity contribution >= 4 is 11.9 Å². The van der Waals surface area contributed by atoms with E-state index >= 15 is 0 Å². The summed E-state index contributed by atoms with van der Waals surface area (Å²) in [6.45, 7) is 1.46. The van der Waals surface area contributed by atoms with E-state index in [1.54, 1.807) is 6.20 Å². The van der Waals surface area contributed by atoms with Crippen LogP contribution in [-0.2, 0) is 4.74 Å². The molecule has 1 amide bonds. The molecular weight excluding hydrogens is 404 g/mol. The smallest absolute Gasteiger partial charge is 0.257 e. The fourth-order valence-electron chi connectivity index (χ4n) is 7.88. The molecule has 5 aliphatic carbocycles. The minimum atomic E-state index is -0.480. The maximum absolute atomic E-state index is 13.8. The predicted molar refractivity (Wildman–Crippen MR) is 120 cm³/mol. The highest BCUT2D eigenvalue weighted by atomic mass is 16.5. The maximum atomic E-state index is 13.8. The largest absolute Gasteiger partial charge is 0.390 e. The van der Waals surface area contributed by atoms with Crippen LogP contribution in [0, 0.1) is 17.8 Å². The summed E-state index contributed by atoms with van der Waals surface area (Å²) in [6, 6.07) is 0.471. The van der Waals surface area contributed by atoms with E-state index < -0.39 is 5.60 Å². The van der Waals surface area contributed by atoms with E-state index in [0.29, 0.717) is 41.8 Å². The van der Waals surface area contributed by atoms with Crippen LogP contribution < -0.4 is 5.32 Å². The Hall–Kier alpha value is -1.73. The average Bonchev–Trinajstić information content (AvgIpc) is 3.46. The molecule has 32 heavy (non-hydrogen) atoms. The SMILES string of the molecule is CN(C(=O)c1cnc(N[C@@H]2CCOC2)nc1C1CCCC1)C1C2CC3CC1CC(O)(C3)C2. The molecule has 1 aliphatic heterocycles. The second-order valence-corrected chi connectivity index (χ2v) is 11.3. The molecule has 7 nitrogen and oxygen atoms in total. The molecular formula is C25H36N4O3. The van der Waals surface area contributed by atoms with Crippen LogP contribution in [-0.4, -0.2) is 63.8 Å². The van der Waals surface area contributed by atoms with E-state index in [1.807, 2.05) is 11.9 Å². The fourth-order valence-corrected chi connectivity index (χ4v) is 7.88. The van der Waals surface area contributed by atoms with Crippen molar-refractivity contribution in [1.82, 2.24) is 14.9 Å². The van der Waals surface area contributed by atoms with Gasteiger partial charge in [0.15, 0.2) is 0 Å². The lowest BCUT2D eigenvalue weighted by Gasteiger charge is -2.59. The number of rotatable bonds is 5. The van der Waals surface area contributed by atoms with Crippen LogP contribution in [0.4, 0.5) is 5.95 Å². The topological polar surface area (TPSA) is 87.6 Å². The van der Waals surface area contributed by atoms with Gasteiger partial charge in [0.05, 0.1) is 29.5 Å². The van der Waals surface area contributed by atoms with Gasteiger partial charge in [-0.15, -0.1) is 0 Å². The van der Waals surface area contributed by atoms with E-state index in [0.717, 1.165) is 63.7 Å². The van der Waals surface area contributed by atoms with Crippen LogP contribution in [0.2, 0.25) is 0 Å². The van der Waals surface area contributed by atoms with Gasteiger partial charge in [0.25, 0.3) is 5.91 Å². The maximum Gasteiger partial charge on any atom is 0.257 e. The number of carbonyl (C=O) groups excluding carboxylic acids is 1. The van der Waals surface area contributed by atoms with Crippen LogP contribution >= 0.6 is 0 Å². The third kappa shape index (κ3) is 3.61. The number of nitrogens with zero attached hydrogens (tertiary/aromatic N) is 3. The van der Waals surface area contributed by atoms with Gasteiger partial charge in [-0.2, -0.15) is 0 Å². The first-order valence-electron chi connectivity index (χ1n) is 12.7. The lowest BCUT2D eigenvalue weighted by atomic mass is 9.52. The van der Waals surface area contributed by atoms with Crippen molar-refractivity contribution in [2.24, 2.45) is 17.8 Å². The fraction of sp³-hybridized carbons (Fsp3) is 0.800. The second-order valence-electron chi connectivity index (χ2n) is 11.3. The third-order valence-electron chi connectivity index (χ3n) is 9.01. The zero-order chi connectivity index (χ0) is 21.9. The molecule has 0 spiro atoms. The molecule has 7 rings (SSSR count). The Labute approximate surface area is 190 Å². The number of hydrogen-bond acceptors (Lipinski definition) is 6. The van der Waals surface area contributed by atoms with Crippen LogP contribution in [0.25, 0.3) is 0 Å². The Kier molecular flexibility index (Phi) is 5.17. The van der Waals surface area contributed by atoms with Crippen molar-refractivity contribution in [3.63, 3.8) is 0 Å². The van der Waals surface area contributed by atoms with E-state index in [4.69, 9.17) is 9.72 Å². The van der Waals surface area contributed by atoms with Crippen molar-refractivity contribution in [2.75, 3.05) is 25.6 Å². The molecule has 6 aliphatic rings. The van der Waals surface area contributed by atoms with Crippen LogP contribution in [0.5, 0.6) is 0 Å². The zero-order valence-corrected chi connectivity index (χ0v) is 19.1. The molecule has 2 unspecified atom stereocenters. The zero-order valence-electron chi connectivity index (χ0n) is 19.1. The highest BCUT2D eigenvalue weighted by Crippen LogP contribution is 2.57. The molecule has 1 aromatic heterocycles. The average molecular weight is 441 g/mol. The van der Waals surface area contributed by atoms with E-state index in [9.17, 15) is 9.90 Å². The number of aromatic nitrogens is 2. The summed E-state index contributed by atoms with van der Waals surface area (Å²) in [6.07, 6.45) is 12.3. The van der Waals surface area contributed by atoms with Crippen molar-refractivity contribution in [3.8, 4) is 0 Å². The lowest BCUT2D eigenvalue weighted by molar-refractivity contribution is -0.152. The molecule has 1 saturated heterocycles. The summed E-state index contributed by atoms with van der Waals surface area (Å²) in [5.41, 5.74) is 1.13. The standard InChI is InChI=1S/C25H36N4O3/c1-29(22-17-8-15-9-18(22)12-25(31,10-15)11-17)23(30)20-13-26-24(27-19-6-7-32-14-19)28-21(20)16-4-2-3-5-16/h13,15-19,22,31H,2-12,14H2,1H3,(H,26,27,28)/t15?,17?,18?,19-,22?,25?/m1/s1. The van der Waals surface area contributed by atoms with Gasteiger partial charge < -0.3 is 20.1 Å². The normalized spacial score (nSPS) is 38.4. The van der Waals surface area contributed by atoms with E-state index in [-0.39, 0.29) is 18.0 Å². The van der Waals surface area contributed by atoms with Gasteiger partial charge in [0.2, 0.25) is 5.95 Å². The monoisotopic (exact) mass is 440 g/mol. The number of amides is 1. The molecule has 2 heterocycles. The summed E-state index contributed by atoms with van der Waals surface area (Å²) in [5, 5.41) is 14.4. The minimum absolute atomic E-state index is 0.0621. The Balaban J connectivity index is 1.26. The van der Waals surface area contributed by atoms with Gasteiger partial charge >= 0.3 is 0 Å². The Morgan fingerprint density at radius 2 is 1.94 bits per heavy atom. The van der Waals surface area contributed by atoms with Crippen molar-refractivity contribution < 1.29 is 14.6 Å². The summed E-state index contributed by atoms with van der Waals surface area (Å²) in [4.78, 5) is 25.3. The summed E-state index contributed by atoms with van der Waals surface area (Å²) >= 11 is 0. The lowest BCUT2D eigenvalue weighted by Crippen LogP contribution is -2.61. The van der Waals surface area contributed by atoms with E-state index in [2.05, 4.69) is 10.3 Å². The van der Waals surface area contributed by atoms with Gasteiger partial charge in [0.1, 0.15) is 0 Å². The molecule has 6 fully saturated rings. The molecule has 174 valence electrons. The van der Waals surface area contributed by atoms with Gasteiger partial charge in [-0.1, -0.05) is 12.8 Å². The third-order valence-corrected chi connectivity index (χ3v) is 9.01. The highest BCUT2D eigenvalue weighted by Gasteiger charge is 2.56. The molecule has 7 heteroatoms. The molecule has 2 N–H and O–H groups in total. The van der Waals surface area contributed by atoms with Gasteiger partial charge in [0, 0.05) is 31.8 Å². The molecule has 1 aromatic rings.